The fourth-order valence-electron chi connectivity index (χ4n) is 5.02. The summed E-state index contributed by atoms with van der Waals surface area (Å²) in [4.78, 5) is 46.0. The van der Waals surface area contributed by atoms with Crippen molar-refractivity contribution >= 4 is 40.1 Å². The highest BCUT2D eigenvalue weighted by Gasteiger charge is 2.61. The number of carbonyl (C=O) groups is 3. The Hall–Kier alpha value is -3.99. The van der Waals surface area contributed by atoms with Crippen molar-refractivity contribution in [1.29, 1.82) is 0 Å². The Morgan fingerprint density at radius 3 is 2.62 bits per heavy atom. The minimum absolute atomic E-state index is 0.102. The van der Waals surface area contributed by atoms with Crippen molar-refractivity contribution in [3.63, 3.8) is 0 Å². The molecule has 11 heteroatoms. The third-order valence-electron chi connectivity index (χ3n) is 7.12. The summed E-state index contributed by atoms with van der Waals surface area (Å²) >= 11 is 1.42. The fraction of sp³-hybridized carbons (Fsp3) is 0.346. The van der Waals surface area contributed by atoms with Crippen LogP contribution in [0.5, 0.6) is 11.5 Å². The third kappa shape index (κ3) is 4.50. The summed E-state index contributed by atoms with van der Waals surface area (Å²) < 4.78 is 11.7. The SMILES string of the molecule is C=C[C@@H]1C[C@]1(NC(=O)[C@@H]1C[C@@H](Oc2cc(-c3nccs3)nc3cc(OC)ccc23)C[C@H]1C(=O)O)C(=O)O. The lowest BCUT2D eigenvalue weighted by Gasteiger charge is -2.20. The first kappa shape index (κ1) is 24.7. The number of hydrogen-bond donors (Lipinski definition) is 3. The smallest absolute Gasteiger partial charge is 0.330 e. The van der Waals surface area contributed by atoms with Crippen molar-refractivity contribution < 1.29 is 34.1 Å². The Labute approximate surface area is 216 Å². The van der Waals surface area contributed by atoms with Gasteiger partial charge in [0.05, 0.1) is 24.5 Å². The second-order valence-corrected chi connectivity index (χ2v) is 10.2. The molecule has 10 nitrogen and oxygen atoms in total. The lowest BCUT2D eigenvalue weighted by Crippen LogP contribution is -2.48. The number of pyridine rings is 1. The molecule has 3 N–H and O–H groups in total. The largest absolute Gasteiger partial charge is 0.497 e. The first-order chi connectivity index (χ1) is 17.8. The van der Waals surface area contributed by atoms with Gasteiger partial charge in [-0.05, 0) is 31.4 Å². The number of aliphatic carboxylic acids is 2. The monoisotopic (exact) mass is 523 g/mol. The van der Waals surface area contributed by atoms with Crippen LogP contribution in [0, 0.1) is 17.8 Å². The van der Waals surface area contributed by atoms with Crippen LogP contribution in [0.3, 0.4) is 0 Å². The van der Waals surface area contributed by atoms with Crippen LogP contribution in [-0.4, -0.2) is 56.8 Å². The number of carboxylic acid groups (broad SMARTS) is 2. The molecule has 0 bridgehead atoms. The number of thiazole rings is 1. The number of nitrogens with zero attached hydrogens (tertiary/aromatic N) is 2. The number of rotatable bonds is 9. The van der Waals surface area contributed by atoms with E-state index in [0.717, 1.165) is 0 Å². The van der Waals surface area contributed by atoms with Gasteiger partial charge in [-0.3, -0.25) is 9.59 Å². The van der Waals surface area contributed by atoms with E-state index in [1.807, 2.05) is 11.4 Å². The van der Waals surface area contributed by atoms with Crippen molar-refractivity contribution in [2.45, 2.75) is 30.9 Å². The molecular formula is C26H25N3O7S. The minimum Gasteiger partial charge on any atom is -0.497 e. The topological polar surface area (TPSA) is 148 Å². The van der Waals surface area contributed by atoms with E-state index < -0.39 is 47.2 Å². The molecule has 2 heterocycles. The Kier molecular flexibility index (Phi) is 6.32. The molecule has 2 aliphatic carbocycles. The van der Waals surface area contributed by atoms with Crippen molar-refractivity contribution in [2.24, 2.45) is 17.8 Å². The number of benzene rings is 1. The number of carbonyl (C=O) groups excluding carboxylic acids is 1. The summed E-state index contributed by atoms with van der Waals surface area (Å²) in [6, 6.07) is 7.13. The van der Waals surface area contributed by atoms with Crippen LogP contribution in [0.1, 0.15) is 19.3 Å². The first-order valence-corrected chi connectivity index (χ1v) is 12.6. The molecule has 1 amide bonds. The summed E-state index contributed by atoms with van der Waals surface area (Å²) in [6.07, 6.45) is 3.05. The standard InChI is InChI=1S/C26H25N3O7S/c1-3-13-12-26(13,25(33)34)29-22(30)17-8-15(9-18(17)24(31)32)36-21-11-20(23-27-6-7-37-23)28-19-10-14(35-2)4-5-16(19)21/h3-7,10-11,13,15,17-18H,1,8-9,12H2,2H3,(H,29,30)(H,31,32)(H,33,34)/t13-,15-,17-,18-,26-/m1/s1. The second-order valence-electron chi connectivity index (χ2n) is 9.30. The molecule has 2 saturated carbocycles. The molecule has 0 saturated heterocycles. The van der Waals surface area contributed by atoms with Crippen LogP contribution >= 0.6 is 11.3 Å². The van der Waals surface area contributed by atoms with Crippen molar-refractivity contribution in [3.8, 4) is 22.2 Å². The van der Waals surface area contributed by atoms with Crippen LogP contribution < -0.4 is 14.8 Å². The van der Waals surface area contributed by atoms with E-state index in [2.05, 4.69) is 16.9 Å². The minimum atomic E-state index is -1.43. The normalized spacial score (nSPS) is 26.4. The maximum atomic E-state index is 13.1. The van der Waals surface area contributed by atoms with Gasteiger partial charge in [0.25, 0.3) is 0 Å². The number of hydrogen-bond acceptors (Lipinski definition) is 8. The van der Waals surface area contributed by atoms with E-state index in [1.54, 1.807) is 31.5 Å². The van der Waals surface area contributed by atoms with Crippen LogP contribution in [-0.2, 0) is 14.4 Å². The van der Waals surface area contributed by atoms with Gasteiger partial charge < -0.3 is 25.0 Å². The van der Waals surface area contributed by atoms with Gasteiger partial charge >= 0.3 is 11.9 Å². The van der Waals surface area contributed by atoms with E-state index in [-0.39, 0.29) is 19.3 Å². The molecule has 0 radical (unpaired) electrons. The van der Waals surface area contributed by atoms with Crippen LogP contribution in [0.15, 0.2) is 48.5 Å². The predicted molar refractivity (Wildman–Crippen MR) is 134 cm³/mol. The number of amides is 1. The molecule has 0 spiro atoms. The van der Waals surface area contributed by atoms with Gasteiger partial charge in [-0.25, -0.2) is 14.8 Å². The Balaban J connectivity index is 1.42. The van der Waals surface area contributed by atoms with Gasteiger partial charge in [0, 0.05) is 35.0 Å². The highest BCUT2D eigenvalue weighted by Crippen LogP contribution is 2.46. The Bertz CT molecular complexity index is 1390. The molecule has 5 rings (SSSR count). The lowest BCUT2D eigenvalue weighted by atomic mass is 9.94. The molecule has 5 atom stereocenters. The summed E-state index contributed by atoms with van der Waals surface area (Å²) in [6.45, 7) is 3.62. The van der Waals surface area contributed by atoms with E-state index >= 15 is 0 Å². The maximum absolute atomic E-state index is 13.1. The highest BCUT2D eigenvalue weighted by atomic mass is 32.1. The zero-order valence-electron chi connectivity index (χ0n) is 19.9. The quantitative estimate of drug-likeness (QED) is 0.359. The molecule has 0 unspecified atom stereocenters. The van der Waals surface area contributed by atoms with Crippen molar-refractivity contribution in [2.75, 3.05) is 7.11 Å². The van der Waals surface area contributed by atoms with E-state index in [4.69, 9.17) is 14.5 Å². The molecule has 2 aliphatic rings. The van der Waals surface area contributed by atoms with Crippen LogP contribution in [0.25, 0.3) is 21.6 Å². The predicted octanol–water partition coefficient (Wildman–Crippen LogP) is 3.37. The Morgan fingerprint density at radius 2 is 2.00 bits per heavy atom. The van der Waals surface area contributed by atoms with Gasteiger partial charge in [-0.1, -0.05) is 6.08 Å². The molecule has 192 valence electrons. The molecule has 1 aromatic carbocycles. The third-order valence-corrected chi connectivity index (χ3v) is 7.92. The summed E-state index contributed by atoms with van der Waals surface area (Å²) in [5.41, 5.74) is -0.207. The van der Waals surface area contributed by atoms with E-state index in [1.165, 1.54) is 17.4 Å². The zero-order chi connectivity index (χ0) is 26.3. The fourth-order valence-corrected chi connectivity index (χ4v) is 5.62. The average Bonchev–Trinajstić information content (AvgIpc) is 3.21. The number of methoxy groups -OCH3 is 1. The summed E-state index contributed by atoms with van der Waals surface area (Å²) in [7, 11) is 1.56. The number of carboxylic acids is 2. The number of ether oxygens (including phenoxy) is 2. The number of nitrogens with one attached hydrogen (secondary N) is 1. The first-order valence-electron chi connectivity index (χ1n) is 11.7. The van der Waals surface area contributed by atoms with Gasteiger partial charge in [0.1, 0.15) is 33.8 Å². The molecule has 37 heavy (non-hydrogen) atoms. The summed E-state index contributed by atoms with van der Waals surface area (Å²) in [5.74, 6) is -4.11. The summed E-state index contributed by atoms with van der Waals surface area (Å²) in [5, 5.41) is 25.3. The second kappa shape index (κ2) is 9.47. The maximum Gasteiger partial charge on any atom is 0.330 e. The van der Waals surface area contributed by atoms with E-state index in [0.29, 0.717) is 33.1 Å². The molecule has 3 aromatic rings. The van der Waals surface area contributed by atoms with Crippen molar-refractivity contribution in [3.05, 3.63) is 48.5 Å². The molecule has 2 aromatic heterocycles. The number of aromatic nitrogens is 2. The van der Waals surface area contributed by atoms with E-state index in [9.17, 15) is 24.6 Å². The van der Waals surface area contributed by atoms with Crippen molar-refractivity contribution in [1.82, 2.24) is 15.3 Å². The van der Waals surface area contributed by atoms with Gasteiger partial charge in [0.15, 0.2) is 0 Å². The molecule has 2 fully saturated rings. The van der Waals surface area contributed by atoms with Gasteiger partial charge in [-0.15, -0.1) is 17.9 Å². The van der Waals surface area contributed by atoms with Crippen LogP contribution in [0.4, 0.5) is 0 Å². The number of fused-ring (bicyclic) bond motifs is 1. The highest BCUT2D eigenvalue weighted by molar-refractivity contribution is 7.13. The lowest BCUT2D eigenvalue weighted by molar-refractivity contribution is -0.147. The molecular weight excluding hydrogens is 498 g/mol. The zero-order valence-corrected chi connectivity index (χ0v) is 20.7. The van der Waals surface area contributed by atoms with Gasteiger partial charge in [-0.2, -0.15) is 0 Å². The average molecular weight is 524 g/mol. The Morgan fingerprint density at radius 1 is 1.22 bits per heavy atom. The van der Waals surface area contributed by atoms with Gasteiger partial charge in [0.2, 0.25) is 5.91 Å². The molecule has 0 aliphatic heterocycles. The van der Waals surface area contributed by atoms with Crippen LogP contribution in [0.2, 0.25) is 0 Å².